The number of hydrogen-bond donors (Lipinski definition) is 3. The number of quaternary nitrogens is 1. The fourth-order valence-corrected chi connectivity index (χ4v) is 2.95. The molecule has 0 spiro atoms. The van der Waals surface area contributed by atoms with E-state index >= 15 is 0 Å². The smallest absolute Gasteiger partial charge is 0.279 e. The quantitative estimate of drug-likeness (QED) is 0.630. The molecule has 0 fully saturated rings. The molecule has 0 radical (unpaired) electrons. The third kappa shape index (κ3) is 7.23. The van der Waals surface area contributed by atoms with Crippen molar-refractivity contribution in [2.45, 2.75) is 33.2 Å². The molecule has 0 saturated heterocycles. The molecule has 2 aromatic rings. The van der Waals surface area contributed by atoms with Crippen molar-refractivity contribution in [2.24, 2.45) is 0 Å². The minimum absolute atomic E-state index is 0.0286. The Morgan fingerprint density at radius 1 is 0.926 bits per heavy atom. The molecule has 3 N–H and O–H groups in total. The second kappa shape index (κ2) is 10.5. The highest BCUT2D eigenvalue weighted by Crippen LogP contribution is 2.18. The zero-order valence-electron chi connectivity index (χ0n) is 16.4. The fourth-order valence-electron chi connectivity index (χ4n) is 2.95. The Balaban J connectivity index is 1.97. The summed E-state index contributed by atoms with van der Waals surface area (Å²) in [5, 5.41) is 5.89. The van der Waals surface area contributed by atoms with Crippen molar-refractivity contribution in [1.82, 2.24) is 5.32 Å². The van der Waals surface area contributed by atoms with Gasteiger partial charge in [0.15, 0.2) is 13.1 Å². The van der Waals surface area contributed by atoms with E-state index < -0.39 is 0 Å². The molecule has 2 rings (SSSR count). The number of amides is 2. The van der Waals surface area contributed by atoms with Crippen LogP contribution in [-0.4, -0.2) is 37.5 Å². The van der Waals surface area contributed by atoms with E-state index in [1.807, 2.05) is 63.2 Å². The van der Waals surface area contributed by atoms with Gasteiger partial charge in [0.1, 0.15) is 0 Å². The van der Waals surface area contributed by atoms with E-state index in [2.05, 4.69) is 22.8 Å². The Labute approximate surface area is 161 Å². The molecule has 0 saturated carbocycles. The highest BCUT2D eigenvalue weighted by atomic mass is 16.2. The van der Waals surface area contributed by atoms with E-state index in [4.69, 9.17) is 0 Å². The summed E-state index contributed by atoms with van der Waals surface area (Å²) >= 11 is 0. The van der Waals surface area contributed by atoms with Crippen molar-refractivity contribution in [3.8, 4) is 0 Å². The van der Waals surface area contributed by atoms with Gasteiger partial charge in [-0.1, -0.05) is 48.5 Å². The number of para-hydroxylation sites is 1. The number of nitrogens with one attached hydrogen (secondary N) is 3. The standard InChI is InChI=1S/C22H29N3O2/c1-4-25(15-21(26)23-17(2)3)16-22(27)24-20-13-9-8-12-19(20)14-18-10-6-5-7-11-18/h5-13,17H,4,14-16H2,1-3H3,(H,23,26)(H,24,27)/p+1. The lowest BCUT2D eigenvalue weighted by atomic mass is 10.0. The van der Waals surface area contributed by atoms with Gasteiger partial charge in [-0.15, -0.1) is 0 Å². The lowest BCUT2D eigenvalue weighted by Crippen LogP contribution is -3.14. The van der Waals surface area contributed by atoms with Crippen molar-refractivity contribution >= 4 is 17.5 Å². The van der Waals surface area contributed by atoms with Gasteiger partial charge in [0.05, 0.1) is 6.54 Å². The van der Waals surface area contributed by atoms with Gasteiger partial charge in [0.25, 0.3) is 11.8 Å². The summed E-state index contributed by atoms with van der Waals surface area (Å²) in [5.41, 5.74) is 3.10. The first kappa shape index (κ1) is 20.6. The Hall–Kier alpha value is -2.66. The van der Waals surface area contributed by atoms with E-state index in [-0.39, 0.29) is 24.4 Å². The van der Waals surface area contributed by atoms with Crippen LogP contribution in [0.15, 0.2) is 54.6 Å². The van der Waals surface area contributed by atoms with E-state index in [0.29, 0.717) is 13.1 Å². The van der Waals surface area contributed by atoms with Crippen molar-refractivity contribution in [2.75, 3.05) is 25.0 Å². The van der Waals surface area contributed by atoms with Gasteiger partial charge < -0.3 is 15.5 Å². The van der Waals surface area contributed by atoms with E-state index in [1.165, 1.54) is 5.56 Å². The molecule has 0 heterocycles. The molecule has 0 bridgehead atoms. The third-order valence-electron chi connectivity index (χ3n) is 4.30. The third-order valence-corrected chi connectivity index (χ3v) is 4.30. The summed E-state index contributed by atoms with van der Waals surface area (Å²) in [7, 11) is 0. The van der Waals surface area contributed by atoms with E-state index in [0.717, 1.165) is 22.6 Å². The van der Waals surface area contributed by atoms with Crippen LogP contribution in [0.1, 0.15) is 31.9 Å². The van der Waals surface area contributed by atoms with E-state index in [1.54, 1.807) is 0 Å². The predicted molar refractivity (Wildman–Crippen MR) is 109 cm³/mol. The van der Waals surface area contributed by atoms with Crippen LogP contribution in [0.2, 0.25) is 0 Å². The molecule has 0 aromatic heterocycles. The summed E-state index contributed by atoms with van der Waals surface area (Å²) < 4.78 is 0. The van der Waals surface area contributed by atoms with Gasteiger partial charge >= 0.3 is 0 Å². The highest BCUT2D eigenvalue weighted by Gasteiger charge is 2.17. The Morgan fingerprint density at radius 2 is 1.56 bits per heavy atom. The number of benzene rings is 2. The maximum absolute atomic E-state index is 12.5. The van der Waals surface area contributed by atoms with Gasteiger partial charge in [-0.05, 0) is 44.4 Å². The minimum atomic E-state index is -0.0790. The van der Waals surface area contributed by atoms with Crippen LogP contribution in [-0.2, 0) is 16.0 Å². The maximum atomic E-state index is 12.5. The number of anilines is 1. The number of hydrogen-bond acceptors (Lipinski definition) is 2. The normalized spacial score (nSPS) is 11.9. The SMILES string of the molecule is CC[NH+](CC(=O)Nc1ccccc1Cc1ccccc1)CC(=O)NC(C)C. The summed E-state index contributed by atoms with van der Waals surface area (Å²) in [4.78, 5) is 25.4. The molecule has 5 nitrogen and oxygen atoms in total. The van der Waals surface area contributed by atoms with Gasteiger partial charge in [-0.25, -0.2) is 0 Å². The Kier molecular flexibility index (Phi) is 8.01. The van der Waals surface area contributed by atoms with Gasteiger partial charge in [0, 0.05) is 11.7 Å². The minimum Gasteiger partial charge on any atom is -0.349 e. The molecule has 27 heavy (non-hydrogen) atoms. The van der Waals surface area contributed by atoms with Gasteiger partial charge in [-0.2, -0.15) is 0 Å². The van der Waals surface area contributed by atoms with Crippen LogP contribution in [0.4, 0.5) is 5.69 Å². The molecule has 1 atom stereocenters. The molecule has 2 aromatic carbocycles. The first-order valence-electron chi connectivity index (χ1n) is 9.52. The lowest BCUT2D eigenvalue weighted by Gasteiger charge is -2.18. The van der Waals surface area contributed by atoms with E-state index in [9.17, 15) is 9.59 Å². The average molecular weight is 369 g/mol. The molecule has 0 aliphatic heterocycles. The average Bonchev–Trinajstić information content (AvgIpc) is 2.63. The fraction of sp³-hybridized carbons (Fsp3) is 0.364. The maximum Gasteiger partial charge on any atom is 0.279 e. The second-order valence-corrected chi connectivity index (χ2v) is 7.05. The zero-order valence-corrected chi connectivity index (χ0v) is 16.4. The van der Waals surface area contributed by atoms with Crippen LogP contribution in [0, 0.1) is 0 Å². The van der Waals surface area contributed by atoms with Crippen LogP contribution in [0.5, 0.6) is 0 Å². The Bertz CT molecular complexity index is 744. The first-order valence-corrected chi connectivity index (χ1v) is 9.52. The number of likely N-dealkylation sites (N-methyl/N-ethyl adjacent to an activating group) is 1. The molecular formula is C22H30N3O2+. The van der Waals surface area contributed by atoms with Crippen molar-refractivity contribution < 1.29 is 14.5 Å². The number of carbonyl (C=O) groups excluding carboxylic acids is 2. The van der Waals surface area contributed by atoms with Crippen LogP contribution in [0.3, 0.4) is 0 Å². The molecular weight excluding hydrogens is 338 g/mol. The molecule has 0 aliphatic rings. The number of rotatable bonds is 9. The molecule has 5 heteroatoms. The van der Waals surface area contributed by atoms with Gasteiger partial charge in [0.2, 0.25) is 0 Å². The monoisotopic (exact) mass is 368 g/mol. The molecule has 2 amide bonds. The zero-order chi connectivity index (χ0) is 19.6. The van der Waals surface area contributed by atoms with Crippen LogP contribution >= 0.6 is 0 Å². The van der Waals surface area contributed by atoms with Crippen molar-refractivity contribution in [1.29, 1.82) is 0 Å². The largest absolute Gasteiger partial charge is 0.349 e. The topological polar surface area (TPSA) is 62.6 Å². The Morgan fingerprint density at radius 3 is 2.22 bits per heavy atom. The summed E-state index contributed by atoms with van der Waals surface area (Å²) in [6.07, 6.45) is 0.762. The van der Waals surface area contributed by atoms with Gasteiger partial charge in [-0.3, -0.25) is 9.59 Å². The summed E-state index contributed by atoms with van der Waals surface area (Å²) in [5.74, 6) is -0.108. The predicted octanol–water partition coefficient (Wildman–Crippen LogP) is 1.65. The highest BCUT2D eigenvalue weighted by molar-refractivity contribution is 5.92. The van der Waals surface area contributed by atoms with Crippen molar-refractivity contribution in [3.05, 3.63) is 65.7 Å². The molecule has 144 valence electrons. The summed E-state index contributed by atoms with van der Waals surface area (Å²) in [6, 6.07) is 18.1. The van der Waals surface area contributed by atoms with Crippen LogP contribution in [0.25, 0.3) is 0 Å². The molecule has 1 unspecified atom stereocenters. The van der Waals surface area contributed by atoms with Crippen molar-refractivity contribution in [3.63, 3.8) is 0 Å². The molecule has 0 aliphatic carbocycles. The lowest BCUT2D eigenvalue weighted by molar-refractivity contribution is -0.881. The van der Waals surface area contributed by atoms with Crippen LogP contribution < -0.4 is 15.5 Å². The number of carbonyl (C=O) groups is 2. The second-order valence-electron chi connectivity index (χ2n) is 7.05. The summed E-state index contributed by atoms with van der Waals surface area (Å²) in [6.45, 7) is 7.12. The first-order chi connectivity index (χ1) is 13.0.